The van der Waals surface area contributed by atoms with Crippen LogP contribution in [-0.2, 0) is 21.7 Å². The normalized spacial score (nSPS) is 12.9. The van der Waals surface area contributed by atoms with Crippen LogP contribution in [0.1, 0.15) is 105 Å². The fourth-order valence-electron chi connectivity index (χ4n) is 18.8. The van der Waals surface area contributed by atoms with Crippen molar-refractivity contribution in [1.82, 2.24) is 4.57 Å². The number of benzene rings is 16. The maximum Gasteiger partial charge on any atom is 0.252 e. The quantitative estimate of drug-likeness (QED) is 0.0842. The Morgan fingerprint density at radius 1 is 0.231 bits per heavy atom. The monoisotopic (exact) mass is 1520 g/mol. The second kappa shape index (κ2) is 28.9. The second-order valence-electron chi connectivity index (χ2n) is 36.4. The summed E-state index contributed by atoms with van der Waals surface area (Å²) < 4.78 is 2.58. The topological polar surface area (TPSA) is 11.4 Å². The van der Waals surface area contributed by atoms with Gasteiger partial charge in [-0.05, 0) is 204 Å². The fourth-order valence-corrected chi connectivity index (χ4v) is 23.5. The lowest BCUT2D eigenvalue weighted by atomic mass is 9.33. The van der Waals surface area contributed by atoms with Crippen LogP contribution in [0.4, 0.5) is 34.1 Å². The molecule has 0 atom stereocenters. The summed E-state index contributed by atoms with van der Waals surface area (Å²) in [7, 11) is -2.89. The van der Waals surface area contributed by atoms with Crippen molar-refractivity contribution >= 4 is 108 Å². The van der Waals surface area contributed by atoms with Gasteiger partial charge < -0.3 is 14.4 Å². The van der Waals surface area contributed by atoms with E-state index in [1.54, 1.807) is 0 Å². The molecule has 5 heteroatoms. The SMILES string of the molecule is CC(C)(C)c1cc(-c2ccccc2)c(N2c3cc(-n4c5ccc(C(C)(C)C)cc5c5cc(C(C)(C)C)ccc54)ccc3B3c4cc(-c5ccc([Si](c6ccccc6)(c6ccccc6)c6ccccc6)cc5)ccc4N(c4c(-c5ccccc5)cc(-c5ccccc5)cc4-c4ccccc4)c4cc(C(C)(C)C)cc2c43)c(-c2ccccc2)c1. The fraction of sp³-hybridized carbons (Fsp3) is 0.143. The predicted molar refractivity (Wildman–Crippen MR) is 506 cm³/mol. The van der Waals surface area contributed by atoms with Gasteiger partial charge in [0.1, 0.15) is 0 Å². The Hall–Kier alpha value is -12.8. The molecule has 0 aliphatic carbocycles. The van der Waals surface area contributed by atoms with Crippen molar-refractivity contribution in [2.24, 2.45) is 0 Å². The number of rotatable bonds is 13. The second-order valence-corrected chi connectivity index (χ2v) is 40.3. The van der Waals surface area contributed by atoms with Crippen LogP contribution in [0.3, 0.4) is 0 Å². The molecule has 568 valence electrons. The highest BCUT2D eigenvalue weighted by Gasteiger charge is 2.47. The van der Waals surface area contributed by atoms with Crippen LogP contribution in [-0.4, -0.2) is 19.4 Å². The number of hydrogen-bond donors (Lipinski definition) is 0. The molecular formula is C112H98BN3Si. The Kier molecular flexibility index (Phi) is 18.3. The molecule has 3 heterocycles. The Balaban J connectivity index is 0.963. The summed E-state index contributed by atoms with van der Waals surface area (Å²) in [6.07, 6.45) is 0. The Morgan fingerprint density at radius 3 is 0.974 bits per heavy atom. The van der Waals surface area contributed by atoms with Crippen molar-refractivity contribution in [3.63, 3.8) is 0 Å². The zero-order chi connectivity index (χ0) is 80.3. The highest BCUT2D eigenvalue weighted by molar-refractivity contribution is 7.20. The van der Waals surface area contributed by atoms with Gasteiger partial charge >= 0.3 is 0 Å². The standard InChI is InChI=1S/C112H98BN3Si/c1-109(2,3)83-56-63-100-96(68-83)97-69-84(110(4,5)6)57-64-101(97)114(100)87-58-61-98-103(74-87)116(108-94(79-43-27-16-28-44-79)70-85(111(7,8)9)71-95(108)80-45-29-17-30-46-80)105-73-86(112(10,11)12)72-104-106(105)113(98)99-67-81(76-53-59-91(60-54-76)117(88-47-31-18-32-48-88,89-49-33-19-34-50-89)90-51-35-20-36-52-90)55-62-102(99)115(104)107-92(77-39-23-14-24-40-77)65-82(75-37-21-13-22-38-75)66-93(107)78-41-25-15-26-42-78/h13-74H,1-12H3. The highest BCUT2D eigenvalue weighted by atomic mass is 28.3. The number of fused-ring (bicyclic) bond motifs is 7. The summed E-state index contributed by atoms with van der Waals surface area (Å²) in [5, 5.41) is 7.90. The van der Waals surface area contributed by atoms with Gasteiger partial charge in [-0.3, -0.25) is 0 Å². The summed E-state index contributed by atoms with van der Waals surface area (Å²) in [5.41, 5.74) is 32.2. The molecule has 0 radical (unpaired) electrons. The smallest absolute Gasteiger partial charge is 0.252 e. The first-order chi connectivity index (χ1) is 56.6. The van der Waals surface area contributed by atoms with Crippen LogP contribution >= 0.6 is 0 Å². The third-order valence-electron chi connectivity index (χ3n) is 24.9. The van der Waals surface area contributed by atoms with Gasteiger partial charge in [-0.15, -0.1) is 0 Å². The minimum absolute atomic E-state index is 0.0717. The first-order valence-corrected chi connectivity index (χ1v) is 43.7. The molecule has 0 spiro atoms. The number of nitrogens with zero attached hydrogens (tertiary/aromatic N) is 3. The Bertz CT molecular complexity index is 6320. The lowest BCUT2D eigenvalue weighted by Gasteiger charge is -2.46. The van der Waals surface area contributed by atoms with Gasteiger partial charge in [0.15, 0.2) is 8.07 Å². The van der Waals surface area contributed by atoms with Gasteiger partial charge in [-0.2, -0.15) is 0 Å². The molecule has 16 aromatic carbocycles. The van der Waals surface area contributed by atoms with Crippen LogP contribution in [0.2, 0.25) is 0 Å². The van der Waals surface area contributed by atoms with E-state index in [4.69, 9.17) is 0 Å². The molecule has 0 unspecified atom stereocenters. The molecule has 0 fully saturated rings. The maximum absolute atomic E-state index is 2.89. The van der Waals surface area contributed by atoms with Crippen LogP contribution in [0.15, 0.2) is 376 Å². The first kappa shape index (κ1) is 74.3. The largest absolute Gasteiger partial charge is 0.310 e. The van der Waals surface area contributed by atoms with E-state index in [1.165, 1.54) is 92.3 Å². The molecule has 0 saturated heterocycles. The molecule has 0 saturated carbocycles. The van der Waals surface area contributed by atoms with E-state index in [-0.39, 0.29) is 28.4 Å². The lowest BCUT2D eigenvalue weighted by Crippen LogP contribution is -2.74. The van der Waals surface area contributed by atoms with Crippen molar-refractivity contribution in [2.75, 3.05) is 9.80 Å². The molecular weight excluding hydrogens is 1430 g/mol. The summed E-state index contributed by atoms with van der Waals surface area (Å²) in [4.78, 5) is 5.48. The van der Waals surface area contributed by atoms with Crippen LogP contribution < -0.4 is 46.9 Å². The molecule has 0 amide bonds. The molecule has 0 bridgehead atoms. The van der Waals surface area contributed by atoms with Crippen molar-refractivity contribution in [3.05, 3.63) is 398 Å². The summed E-state index contributed by atoms with van der Waals surface area (Å²) in [5.74, 6) is 0. The van der Waals surface area contributed by atoms with Gasteiger partial charge in [-0.25, -0.2) is 0 Å². The van der Waals surface area contributed by atoms with E-state index in [0.717, 1.165) is 95.4 Å². The van der Waals surface area contributed by atoms with Crippen molar-refractivity contribution in [2.45, 2.75) is 105 Å². The molecule has 3 nitrogen and oxygen atoms in total. The number of aromatic nitrogens is 1. The predicted octanol–water partition coefficient (Wildman–Crippen LogP) is 25.4. The molecule has 2 aliphatic rings. The minimum Gasteiger partial charge on any atom is -0.310 e. The summed E-state index contributed by atoms with van der Waals surface area (Å²) in [6.45, 7) is 28.1. The van der Waals surface area contributed by atoms with Gasteiger partial charge in [0.05, 0.1) is 22.4 Å². The lowest BCUT2D eigenvalue weighted by molar-refractivity contribution is 0.590. The zero-order valence-corrected chi connectivity index (χ0v) is 70.2. The van der Waals surface area contributed by atoms with E-state index in [9.17, 15) is 0 Å². The van der Waals surface area contributed by atoms with E-state index in [1.807, 2.05) is 0 Å². The molecule has 19 rings (SSSR count). The van der Waals surface area contributed by atoms with Crippen LogP contribution in [0.5, 0.6) is 0 Å². The van der Waals surface area contributed by atoms with E-state index in [0.29, 0.717) is 0 Å². The maximum atomic E-state index is 2.76. The van der Waals surface area contributed by atoms with Crippen molar-refractivity contribution < 1.29 is 0 Å². The summed E-state index contributed by atoms with van der Waals surface area (Å²) in [6, 6.07) is 144. The molecule has 17 aromatic rings. The molecule has 1 aromatic heterocycles. The molecule has 117 heavy (non-hydrogen) atoms. The third-order valence-corrected chi connectivity index (χ3v) is 29.7. The number of anilines is 6. The number of hydrogen-bond acceptors (Lipinski definition) is 2. The minimum atomic E-state index is -2.89. The third kappa shape index (κ3) is 13.0. The molecule has 0 N–H and O–H groups in total. The van der Waals surface area contributed by atoms with E-state index in [2.05, 4.69) is 474 Å². The van der Waals surface area contributed by atoms with Gasteiger partial charge in [-0.1, -0.05) is 380 Å². The van der Waals surface area contributed by atoms with E-state index < -0.39 is 8.07 Å². The van der Waals surface area contributed by atoms with Crippen molar-refractivity contribution in [3.8, 4) is 72.4 Å². The zero-order valence-electron chi connectivity index (χ0n) is 69.2. The average molecular weight is 1520 g/mol. The first-order valence-electron chi connectivity index (χ1n) is 41.7. The van der Waals surface area contributed by atoms with Gasteiger partial charge in [0.25, 0.3) is 6.71 Å². The highest BCUT2D eigenvalue weighted by Crippen LogP contribution is 2.56. The van der Waals surface area contributed by atoms with Crippen molar-refractivity contribution in [1.29, 1.82) is 0 Å². The Morgan fingerprint density at radius 2 is 0.573 bits per heavy atom. The Labute approximate surface area is 693 Å². The summed E-state index contributed by atoms with van der Waals surface area (Å²) >= 11 is 0. The van der Waals surface area contributed by atoms with Crippen LogP contribution in [0, 0.1) is 0 Å². The van der Waals surface area contributed by atoms with Gasteiger partial charge in [0.2, 0.25) is 0 Å². The van der Waals surface area contributed by atoms with Gasteiger partial charge in [0, 0.05) is 61.5 Å². The average Bonchev–Trinajstić information content (AvgIpc) is 1.03. The van der Waals surface area contributed by atoms with E-state index >= 15 is 0 Å². The van der Waals surface area contributed by atoms with Crippen LogP contribution in [0.25, 0.3) is 94.3 Å². The molecule has 2 aliphatic heterocycles.